The molecule has 4 nitrogen and oxygen atoms in total. The molecular weight excluding hydrogens is 324 g/mol. The summed E-state index contributed by atoms with van der Waals surface area (Å²) in [5, 5.41) is 7.03. The molecule has 0 saturated heterocycles. The van der Waals surface area contributed by atoms with Crippen LogP contribution in [0.3, 0.4) is 0 Å². The Kier molecular flexibility index (Phi) is 4.10. The molecule has 118 valence electrons. The fraction of sp³-hybridized carbons (Fsp3) is 0.294. The van der Waals surface area contributed by atoms with Crippen LogP contribution in [-0.2, 0) is 5.75 Å². The smallest absolute Gasteiger partial charge is 0.132 e. The normalized spacial score (nSPS) is 14.1. The zero-order valence-corrected chi connectivity index (χ0v) is 14.5. The van der Waals surface area contributed by atoms with Crippen molar-refractivity contribution in [1.29, 1.82) is 0 Å². The molecule has 0 bridgehead atoms. The molecule has 1 saturated carbocycles. The summed E-state index contributed by atoms with van der Waals surface area (Å²) in [7, 11) is 0. The van der Waals surface area contributed by atoms with Crippen molar-refractivity contribution in [3.8, 4) is 0 Å². The maximum Gasteiger partial charge on any atom is 0.132 e. The van der Waals surface area contributed by atoms with E-state index in [-0.39, 0.29) is 0 Å². The minimum atomic E-state index is 0.638. The third-order valence-electron chi connectivity index (χ3n) is 3.83. The number of pyridine rings is 1. The number of fused-ring (bicyclic) bond motifs is 1. The highest BCUT2D eigenvalue weighted by Gasteiger charge is 2.22. The third-order valence-corrected chi connectivity index (χ3v) is 5.22. The van der Waals surface area contributed by atoms with Gasteiger partial charge in [-0.2, -0.15) is 11.8 Å². The fourth-order valence-corrected chi connectivity index (χ4v) is 3.74. The number of hydrogen-bond acceptors (Lipinski definition) is 6. The van der Waals surface area contributed by atoms with Gasteiger partial charge in [0.15, 0.2) is 0 Å². The van der Waals surface area contributed by atoms with Crippen LogP contribution in [0.1, 0.15) is 18.4 Å². The predicted molar refractivity (Wildman–Crippen MR) is 101 cm³/mol. The number of benzene rings is 1. The number of nitrogens with zero attached hydrogens (tertiary/aromatic N) is 2. The van der Waals surface area contributed by atoms with E-state index in [2.05, 4.69) is 39.0 Å². The second-order valence-electron chi connectivity index (χ2n) is 5.74. The second-order valence-corrected chi connectivity index (χ2v) is 7.49. The quantitative estimate of drug-likeness (QED) is 0.669. The highest BCUT2D eigenvalue weighted by molar-refractivity contribution is 7.97. The lowest BCUT2D eigenvalue weighted by molar-refractivity contribution is 1.13. The van der Waals surface area contributed by atoms with E-state index in [4.69, 9.17) is 0 Å². The SMILES string of the molecule is CSCc1cnc(Nc2ccc3ncsc3c2)cc1NC1CC1. The third kappa shape index (κ3) is 3.43. The zero-order chi connectivity index (χ0) is 15.6. The fourth-order valence-electron chi connectivity index (χ4n) is 2.49. The van der Waals surface area contributed by atoms with Crippen molar-refractivity contribution in [2.45, 2.75) is 24.6 Å². The summed E-state index contributed by atoms with van der Waals surface area (Å²) < 4.78 is 1.19. The first kappa shape index (κ1) is 14.8. The van der Waals surface area contributed by atoms with Gasteiger partial charge >= 0.3 is 0 Å². The maximum atomic E-state index is 4.57. The van der Waals surface area contributed by atoms with Crippen LogP contribution in [0.25, 0.3) is 10.2 Å². The van der Waals surface area contributed by atoms with Crippen LogP contribution in [0.5, 0.6) is 0 Å². The lowest BCUT2D eigenvalue weighted by atomic mass is 10.2. The van der Waals surface area contributed by atoms with E-state index >= 15 is 0 Å². The summed E-state index contributed by atoms with van der Waals surface area (Å²) in [6.45, 7) is 0. The van der Waals surface area contributed by atoms with Gasteiger partial charge in [0.05, 0.1) is 15.7 Å². The molecule has 2 heterocycles. The van der Waals surface area contributed by atoms with Gasteiger partial charge < -0.3 is 10.6 Å². The summed E-state index contributed by atoms with van der Waals surface area (Å²) in [4.78, 5) is 8.89. The molecule has 0 spiro atoms. The number of nitrogens with one attached hydrogen (secondary N) is 2. The van der Waals surface area contributed by atoms with E-state index in [1.54, 1.807) is 11.3 Å². The van der Waals surface area contributed by atoms with Crippen LogP contribution in [0.15, 0.2) is 36.0 Å². The Labute approximate surface area is 143 Å². The molecule has 0 amide bonds. The van der Waals surface area contributed by atoms with Gasteiger partial charge in [-0.3, -0.25) is 0 Å². The molecule has 0 unspecified atom stereocenters. The molecule has 1 aliphatic rings. The minimum Gasteiger partial charge on any atom is -0.382 e. The van der Waals surface area contributed by atoms with Crippen LogP contribution < -0.4 is 10.6 Å². The lowest BCUT2D eigenvalue weighted by Gasteiger charge is -2.13. The molecule has 1 aromatic carbocycles. The van der Waals surface area contributed by atoms with Gasteiger partial charge in [0.25, 0.3) is 0 Å². The van der Waals surface area contributed by atoms with E-state index in [0.717, 1.165) is 22.8 Å². The van der Waals surface area contributed by atoms with Crippen molar-refractivity contribution in [2.75, 3.05) is 16.9 Å². The first-order valence-electron chi connectivity index (χ1n) is 7.66. The highest BCUT2D eigenvalue weighted by Crippen LogP contribution is 2.30. The van der Waals surface area contributed by atoms with Gasteiger partial charge in [-0.25, -0.2) is 9.97 Å². The van der Waals surface area contributed by atoms with E-state index in [0.29, 0.717) is 6.04 Å². The van der Waals surface area contributed by atoms with Crippen molar-refractivity contribution in [3.63, 3.8) is 0 Å². The molecule has 6 heteroatoms. The molecular formula is C17H18N4S2. The number of rotatable bonds is 6. The highest BCUT2D eigenvalue weighted by atomic mass is 32.2. The van der Waals surface area contributed by atoms with Gasteiger partial charge in [-0.15, -0.1) is 11.3 Å². The largest absolute Gasteiger partial charge is 0.382 e. The Hall–Kier alpha value is -1.79. The van der Waals surface area contributed by atoms with Gasteiger partial charge in [0, 0.05) is 41.0 Å². The topological polar surface area (TPSA) is 49.8 Å². The first-order valence-corrected chi connectivity index (χ1v) is 9.94. The van der Waals surface area contributed by atoms with Gasteiger partial charge in [-0.1, -0.05) is 0 Å². The van der Waals surface area contributed by atoms with Crippen LogP contribution in [0.2, 0.25) is 0 Å². The maximum absolute atomic E-state index is 4.57. The predicted octanol–water partition coefficient (Wildman–Crippen LogP) is 4.87. The lowest BCUT2D eigenvalue weighted by Crippen LogP contribution is -2.05. The molecule has 0 radical (unpaired) electrons. The Morgan fingerprint density at radius 2 is 2.17 bits per heavy atom. The number of anilines is 3. The summed E-state index contributed by atoms with van der Waals surface area (Å²) in [6, 6.07) is 8.98. The van der Waals surface area contributed by atoms with E-state index in [9.17, 15) is 0 Å². The summed E-state index contributed by atoms with van der Waals surface area (Å²) in [5.41, 5.74) is 6.44. The number of thioether (sulfide) groups is 1. The molecule has 2 aromatic heterocycles. The summed E-state index contributed by atoms with van der Waals surface area (Å²) >= 11 is 3.48. The standard InChI is InChI=1S/C17H18N4S2/c1-22-9-11-8-18-17(7-15(11)20-12-2-3-12)21-13-4-5-14-16(6-13)23-10-19-14/h4-8,10,12H,2-3,9H2,1H3,(H2,18,20,21). The van der Waals surface area contributed by atoms with Crippen molar-refractivity contribution in [2.24, 2.45) is 0 Å². The number of hydrogen-bond donors (Lipinski definition) is 2. The molecule has 23 heavy (non-hydrogen) atoms. The molecule has 3 aromatic rings. The molecule has 0 atom stereocenters. The Morgan fingerprint density at radius 3 is 3.00 bits per heavy atom. The Balaban J connectivity index is 1.59. The average molecular weight is 342 g/mol. The molecule has 1 aliphatic carbocycles. The monoisotopic (exact) mass is 342 g/mol. The Bertz CT molecular complexity index is 826. The van der Waals surface area contributed by atoms with Crippen molar-refractivity contribution in [1.82, 2.24) is 9.97 Å². The first-order chi connectivity index (χ1) is 11.3. The van der Waals surface area contributed by atoms with Gasteiger partial charge in [0.1, 0.15) is 5.82 Å². The molecule has 4 rings (SSSR count). The average Bonchev–Trinajstić information content (AvgIpc) is 3.24. The number of aromatic nitrogens is 2. The van der Waals surface area contributed by atoms with Gasteiger partial charge in [0.2, 0.25) is 0 Å². The molecule has 0 aliphatic heterocycles. The Morgan fingerprint density at radius 1 is 1.26 bits per heavy atom. The van der Waals surface area contributed by atoms with Crippen molar-refractivity contribution in [3.05, 3.63) is 41.5 Å². The van der Waals surface area contributed by atoms with Crippen LogP contribution in [0.4, 0.5) is 17.2 Å². The van der Waals surface area contributed by atoms with Crippen molar-refractivity contribution < 1.29 is 0 Å². The van der Waals surface area contributed by atoms with E-state index in [1.807, 2.05) is 35.6 Å². The molecule has 2 N–H and O–H groups in total. The second kappa shape index (κ2) is 6.37. The van der Waals surface area contributed by atoms with E-state index in [1.165, 1.54) is 28.8 Å². The minimum absolute atomic E-state index is 0.638. The van der Waals surface area contributed by atoms with Crippen LogP contribution in [-0.4, -0.2) is 22.3 Å². The van der Waals surface area contributed by atoms with E-state index < -0.39 is 0 Å². The zero-order valence-electron chi connectivity index (χ0n) is 12.9. The summed E-state index contributed by atoms with van der Waals surface area (Å²) in [6.07, 6.45) is 6.64. The number of thiazole rings is 1. The van der Waals surface area contributed by atoms with Gasteiger partial charge in [-0.05, 0) is 37.3 Å². The van der Waals surface area contributed by atoms with Crippen LogP contribution in [0, 0.1) is 0 Å². The summed E-state index contributed by atoms with van der Waals surface area (Å²) in [5.74, 6) is 1.86. The van der Waals surface area contributed by atoms with Crippen LogP contribution >= 0.6 is 23.1 Å². The molecule has 1 fully saturated rings. The van der Waals surface area contributed by atoms with Crippen molar-refractivity contribution >= 4 is 50.5 Å².